The SMILES string of the molecule is CCCSC(C)C1CSCCS1. The first-order valence-electron chi connectivity index (χ1n) is 4.65. The summed E-state index contributed by atoms with van der Waals surface area (Å²) in [6.45, 7) is 4.66. The standard InChI is InChI=1S/C9H18S3/c1-3-4-11-8(2)9-7-10-5-6-12-9/h8-9H,3-7H2,1-2H3. The van der Waals surface area contributed by atoms with Crippen LogP contribution >= 0.6 is 35.3 Å². The smallest absolute Gasteiger partial charge is 0.0254 e. The van der Waals surface area contributed by atoms with E-state index in [1.165, 1.54) is 29.4 Å². The highest BCUT2D eigenvalue weighted by Gasteiger charge is 2.20. The molecule has 0 aromatic carbocycles. The van der Waals surface area contributed by atoms with Crippen molar-refractivity contribution in [3.05, 3.63) is 0 Å². The highest BCUT2D eigenvalue weighted by Crippen LogP contribution is 2.31. The molecule has 1 heterocycles. The van der Waals surface area contributed by atoms with Gasteiger partial charge in [-0.05, 0) is 12.2 Å². The third-order valence-corrected chi connectivity index (χ3v) is 6.62. The van der Waals surface area contributed by atoms with Gasteiger partial charge in [-0.2, -0.15) is 35.3 Å². The van der Waals surface area contributed by atoms with Crippen molar-refractivity contribution in [2.75, 3.05) is 23.0 Å². The van der Waals surface area contributed by atoms with Gasteiger partial charge in [0.25, 0.3) is 0 Å². The summed E-state index contributed by atoms with van der Waals surface area (Å²) in [6.07, 6.45) is 1.32. The molecule has 0 aromatic heterocycles. The van der Waals surface area contributed by atoms with Crippen LogP contribution in [0.25, 0.3) is 0 Å². The van der Waals surface area contributed by atoms with Crippen LogP contribution in [-0.2, 0) is 0 Å². The van der Waals surface area contributed by atoms with E-state index < -0.39 is 0 Å². The Morgan fingerprint density at radius 2 is 2.33 bits per heavy atom. The number of thioether (sulfide) groups is 3. The maximum Gasteiger partial charge on any atom is 0.0254 e. The van der Waals surface area contributed by atoms with E-state index in [-0.39, 0.29) is 0 Å². The Balaban J connectivity index is 2.15. The molecular weight excluding hydrogens is 204 g/mol. The van der Waals surface area contributed by atoms with Crippen molar-refractivity contribution < 1.29 is 0 Å². The van der Waals surface area contributed by atoms with Crippen LogP contribution in [0.2, 0.25) is 0 Å². The van der Waals surface area contributed by atoms with Crippen molar-refractivity contribution >= 4 is 35.3 Å². The minimum Gasteiger partial charge on any atom is -0.160 e. The van der Waals surface area contributed by atoms with Gasteiger partial charge in [0.15, 0.2) is 0 Å². The van der Waals surface area contributed by atoms with Gasteiger partial charge in [-0.25, -0.2) is 0 Å². The molecule has 0 N–H and O–H groups in total. The predicted octanol–water partition coefficient (Wildman–Crippen LogP) is 3.37. The Morgan fingerprint density at radius 3 is 2.92 bits per heavy atom. The summed E-state index contributed by atoms with van der Waals surface area (Å²) in [5.74, 6) is 5.45. The van der Waals surface area contributed by atoms with Crippen LogP contribution in [-0.4, -0.2) is 33.5 Å². The highest BCUT2D eigenvalue weighted by atomic mass is 32.2. The van der Waals surface area contributed by atoms with E-state index in [0.717, 1.165) is 10.5 Å². The second-order valence-electron chi connectivity index (χ2n) is 3.06. The average molecular weight is 222 g/mol. The molecule has 0 amide bonds. The molecule has 0 bridgehead atoms. The van der Waals surface area contributed by atoms with Gasteiger partial charge >= 0.3 is 0 Å². The van der Waals surface area contributed by atoms with E-state index in [9.17, 15) is 0 Å². The first-order chi connectivity index (χ1) is 5.84. The van der Waals surface area contributed by atoms with Gasteiger partial charge in [-0.1, -0.05) is 13.8 Å². The molecule has 1 saturated heterocycles. The van der Waals surface area contributed by atoms with E-state index in [1.807, 2.05) is 0 Å². The maximum absolute atomic E-state index is 2.39. The Kier molecular flexibility index (Phi) is 6.02. The molecule has 2 atom stereocenters. The normalized spacial score (nSPS) is 27.0. The van der Waals surface area contributed by atoms with Crippen molar-refractivity contribution in [2.45, 2.75) is 30.8 Å². The van der Waals surface area contributed by atoms with Crippen LogP contribution in [0.5, 0.6) is 0 Å². The number of hydrogen-bond acceptors (Lipinski definition) is 3. The van der Waals surface area contributed by atoms with Gasteiger partial charge < -0.3 is 0 Å². The zero-order valence-corrected chi connectivity index (χ0v) is 10.4. The Morgan fingerprint density at radius 1 is 1.50 bits per heavy atom. The fourth-order valence-electron chi connectivity index (χ4n) is 1.19. The monoisotopic (exact) mass is 222 g/mol. The van der Waals surface area contributed by atoms with Crippen molar-refractivity contribution in [1.29, 1.82) is 0 Å². The predicted molar refractivity (Wildman–Crippen MR) is 65.8 cm³/mol. The summed E-state index contributed by atoms with van der Waals surface area (Å²) in [5, 5.41) is 1.78. The Bertz CT molecular complexity index is 110. The molecule has 72 valence electrons. The molecule has 0 aromatic rings. The lowest BCUT2D eigenvalue weighted by Crippen LogP contribution is -2.24. The lowest BCUT2D eigenvalue weighted by molar-refractivity contribution is 0.927. The van der Waals surface area contributed by atoms with Gasteiger partial charge in [-0.3, -0.25) is 0 Å². The van der Waals surface area contributed by atoms with E-state index >= 15 is 0 Å². The van der Waals surface area contributed by atoms with Crippen molar-refractivity contribution in [2.24, 2.45) is 0 Å². The Hall–Kier alpha value is 1.05. The van der Waals surface area contributed by atoms with E-state index in [1.54, 1.807) is 0 Å². The summed E-state index contributed by atoms with van der Waals surface area (Å²) >= 11 is 6.46. The molecule has 0 aliphatic carbocycles. The van der Waals surface area contributed by atoms with Crippen molar-refractivity contribution in [1.82, 2.24) is 0 Å². The molecule has 0 saturated carbocycles. The second kappa shape index (κ2) is 6.50. The summed E-state index contributed by atoms with van der Waals surface area (Å²) in [5.41, 5.74) is 0. The lowest BCUT2D eigenvalue weighted by atomic mass is 10.4. The molecule has 0 nitrogen and oxygen atoms in total. The van der Waals surface area contributed by atoms with Crippen LogP contribution in [0.1, 0.15) is 20.3 Å². The molecule has 1 aliphatic rings. The molecule has 1 aliphatic heterocycles. The first kappa shape index (κ1) is 11.1. The molecule has 12 heavy (non-hydrogen) atoms. The van der Waals surface area contributed by atoms with Crippen LogP contribution in [0.4, 0.5) is 0 Å². The van der Waals surface area contributed by atoms with E-state index in [2.05, 4.69) is 49.1 Å². The summed E-state index contributed by atoms with van der Waals surface area (Å²) in [4.78, 5) is 0. The minimum absolute atomic E-state index is 0.864. The largest absolute Gasteiger partial charge is 0.160 e. The van der Waals surface area contributed by atoms with Gasteiger partial charge in [0.2, 0.25) is 0 Å². The fraction of sp³-hybridized carbons (Fsp3) is 1.00. The van der Waals surface area contributed by atoms with E-state index in [0.29, 0.717) is 0 Å². The van der Waals surface area contributed by atoms with Crippen molar-refractivity contribution in [3.8, 4) is 0 Å². The summed E-state index contributed by atoms with van der Waals surface area (Å²) in [7, 11) is 0. The third-order valence-electron chi connectivity index (χ3n) is 1.95. The molecule has 2 unspecified atom stereocenters. The van der Waals surface area contributed by atoms with Crippen LogP contribution in [0, 0.1) is 0 Å². The highest BCUT2D eigenvalue weighted by molar-refractivity contribution is 8.08. The Labute approximate surface area is 89.0 Å². The van der Waals surface area contributed by atoms with Gasteiger partial charge in [-0.15, -0.1) is 0 Å². The number of rotatable bonds is 4. The number of hydrogen-bond donors (Lipinski definition) is 0. The zero-order valence-electron chi connectivity index (χ0n) is 7.91. The summed E-state index contributed by atoms with van der Waals surface area (Å²) < 4.78 is 0. The molecule has 1 fully saturated rings. The van der Waals surface area contributed by atoms with E-state index in [4.69, 9.17) is 0 Å². The molecule has 3 heteroatoms. The summed E-state index contributed by atoms with van der Waals surface area (Å²) in [6, 6.07) is 0. The van der Waals surface area contributed by atoms with Crippen LogP contribution < -0.4 is 0 Å². The lowest BCUT2D eigenvalue weighted by Gasteiger charge is -2.26. The maximum atomic E-state index is 2.39. The van der Waals surface area contributed by atoms with Gasteiger partial charge in [0.05, 0.1) is 0 Å². The quantitative estimate of drug-likeness (QED) is 0.716. The average Bonchev–Trinajstić information content (AvgIpc) is 2.15. The molecule has 0 spiro atoms. The third kappa shape index (κ3) is 3.84. The first-order valence-corrected chi connectivity index (χ1v) is 7.90. The van der Waals surface area contributed by atoms with Gasteiger partial charge in [0, 0.05) is 27.8 Å². The van der Waals surface area contributed by atoms with Crippen LogP contribution in [0.3, 0.4) is 0 Å². The van der Waals surface area contributed by atoms with Gasteiger partial charge in [0.1, 0.15) is 0 Å². The second-order valence-corrected chi connectivity index (χ2v) is 7.04. The fourth-order valence-corrected chi connectivity index (χ4v) is 5.49. The van der Waals surface area contributed by atoms with Crippen molar-refractivity contribution in [3.63, 3.8) is 0 Å². The molecule has 0 radical (unpaired) electrons. The zero-order chi connectivity index (χ0) is 8.81. The van der Waals surface area contributed by atoms with Crippen LogP contribution in [0.15, 0.2) is 0 Å². The topological polar surface area (TPSA) is 0 Å². The molecule has 1 rings (SSSR count). The minimum atomic E-state index is 0.864. The molecular formula is C9H18S3.